The summed E-state index contributed by atoms with van der Waals surface area (Å²) in [5.74, 6) is 1.32. The van der Waals surface area contributed by atoms with E-state index < -0.39 is 15.9 Å². The molecule has 0 aliphatic heterocycles. The second kappa shape index (κ2) is 11.1. The summed E-state index contributed by atoms with van der Waals surface area (Å²) in [7, 11) is 2.12. The van der Waals surface area contributed by atoms with E-state index in [0.717, 1.165) is 0 Å². The Bertz CT molecular complexity index is 1510. The first-order chi connectivity index (χ1) is 18.3. The Hall–Kier alpha value is -4.78. The number of amides is 1. The molecule has 0 saturated heterocycles. The fourth-order valence-corrected chi connectivity index (χ4v) is 4.48. The molecular formula is C25H24N4O8S. The molecule has 0 saturated carbocycles. The second-order valence-corrected chi connectivity index (χ2v) is 9.32. The molecule has 4 rings (SSSR count). The van der Waals surface area contributed by atoms with E-state index in [1.54, 1.807) is 24.3 Å². The molecule has 0 bridgehead atoms. The Morgan fingerprint density at radius 3 is 2.00 bits per heavy atom. The number of carbonyl (C=O) groups is 1. The minimum atomic E-state index is -3.82. The van der Waals surface area contributed by atoms with Gasteiger partial charge in [-0.15, -0.1) is 5.10 Å². The molecular weight excluding hydrogens is 516 g/mol. The number of ether oxygens (including phenoxy) is 4. The van der Waals surface area contributed by atoms with Crippen molar-refractivity contribution in [1.29, 1.82) is 0 Å². The summed E-state index contributed by atoms with van der Waals surface area (Å²) >= 11 is 0. The predicted molar refractivity (Wildman–Crippen MR) is 138 cm³/mol. The van der Waals surface area contributed by atoms with Crippen LogP contribution in [0.15, 0.2) is 70.0 Å². The van der Waals surface area contributed by atoms with Gasteiger partial charge in [0.05, 0.1) is 33.3 Å². The minimum Gasteiger partial charge on any atom is -0.497 e. The average Bonchev–Trinajstić information content (AvgIpc) is 3.40. The van der Waals surface area contributed by atoms with Crippen LogP contribution < -0.4 is 29.0 Å². The molecule has 0 spiro atoms. The molecule has 0 radical (unpaired) electrons. The number of anilines is 2. The van der Waals surface area contributed by atoms with Crippen LogP contribution >= 0.6 is 0 Å². The number of benzene rings is 3. The van der Waals surface area contributed by atoms with Crippen LogP contribution in [0.5, 0.6) is 23.0 Å². The number of hydrogen-bond donors (Lipinski definition) is 2. The minimum absolute atomic E-state index is 0.0689. The van der Waals surface area contributed by atoms with E-state index in [2.05, 4.69) is 20.2 Å². The lowest BCUT2D eigenvalue weighted by Crippen LogP contribution is -2.14. The van der Waals surface area contributed by atoms with Crippen molar-refractivity contribution in [3.63, 3.8) is 0 Å². The van der Waals surface area contributed by atoms with Gasteiger partial charge >= 0.3 is 6.01 Å². The molecule has 12 nitrogen and oxygen atoms in total. The lowest BCUT2D eigenvalue weighted by molar-refractivity contribution is 0.102. The summed E-state index contributed by atoms with van der Waals surface area (Å²) in [6.07, 6.45) is 0. The average molecular weight is 541 g/mol. The van der Waals surface area contributed by atoms with E-state index in [0.29, 0.717) is 28.6 Å². The molecule has 198 valence electrons. The lowest BCUT2D eigenvalue weighted by Gasteiger charge is -2.12. The van der Waals surface area contributed by atoms with Crippen LogP contribution in [0.3, 0.4) is 0 Å². The first-order valence-electron chi connectivity index (χ1n) is 11.0. The fraction of sp³-hybridized carbons (Fsp3) is 0.160. The molecule has 1 aromatic heterocycles. The molecule has 1 amide bonds. The SMILES string of the molecule is COc1ccc(S(=O)(=O)Nc2ccc(C(=O)Nc3nnc(-c4cc(OC)c(OC)c(OC)c4)o3)cc2)cc1. The van der Waals surface area contributed by atoms with Gasteiger partial charge in [0.1, 0.15) is 5.75 Å². The van der Waals surface area contributed by atoms with Gasteiger partial charge in [0.25, 0.3) is 15.9 Å². The number of hydrogen-bond acceptors (Lipinski definition) is 10. The summed E-state index contributed by atoms with van der Waals surface area (Å²) in [6.45, 7) is 0. The van der Waals surface area contributed by atoms with E-state index >= 15 is 0 Å². The maximum atomic E-state index is 12.7. The van der Waals surface area contributed by atoms with E-state index in [1.807, 2.05) is 0 Å². The summed E-state index contributed by atoms with van der Waals surface area (Å²) in [6, 6.07) is 14.9. The maximum absolute atomic E-state index is 12.7. The number of nitrogens with zero attached hydrogens (tertiary/aromatic N) is 2. The highest BCUT2D eigenvalue weighted by Gasteiger charge is 2.19. The monoisotopic (exact) mass is 540 g/mol. The molecule has 3 aromatic carbocycles. The molecule has 0 aliphatic rings. The predicted octanol–water partition coefficient (Wildman–Crippen LogP) is 3.82. The van der Waals surface area contributed by atoms with Crippen LogP contribution in [0.2, 0.25) is 0 Å². The number of methoxy groups -OCH3 is 4. The van der Waals surface area contributed by atoms with Crippen LogP contribution in [-0.4, -0.2) is 53.0 Å². The lowest BCUT2D eigenvalue weighted by atomic mass is 10.2. The molecule has 38 heavy (non-hydrogen) atoms. The van der Waals surface area contributed by atoms with Crippen molar-refractivity contribution in [2.75, 3.05) is 38.5 Å². The summed E-state index contributed by atoms with van der Waals surface area (Å²) in [5, 5.41) is 10.3. The van der Waals surface area contributed by atoms with Crippen molar-refractivity contribution in [2.24, 2.45) is 0 Å². The van der Waals surface area contributed by atoms with Crippen molar-refractivity contribution in [3.8, 4) is 34.5 Å². The van der Waals surface area contributed by atoms with Crippen molar-refractivity contribution < 1.29 is 36.6 Å². The summed E-state index contributed by atoms with van der Waals surface area (Å²) in [4.78, 5) is 12.7. The zero-order valence-electron chi connectivity index (χ0n) is 20.8. The number of sulfonamides is 1. The van der Waals surface area contributed by atoms with Crippen LogP contribution in [0, 0.1) is 0 Å². The van der Waals surface area contributed by atoms with Gasteiger partial charge in [-0.25, -0.2) is 8.42 Å². The van der Waals surface area contributed by atoms with Gasteiger partial charge in [-0.05, 0) is 60.7 Å². The zero-order chi connectivity index (χ0) is 27.3. The molecule has 4 aromatic rings. The first-order valence-corrected chi connectivity index (χ1v) is 12.5. The Morgan fingerprint density at radius 1 is 0.816 bits per heavy atom. The summed E-state index contributed by atoms with van der Waals surface area (Å²) in [5.41, 5.74) is 1.01. The smallest absolute Gasteiger partial charge is 0.322 e. The van der Waals surface area contributed by atoms with Crippen molar-refractivity contribution in [1.82, 2.24) is 10.2 Å². The van der Waals surface area contributed by atoms with Gasteiger partial charge in [-0.3, -0.25) is 14.8 Å². The third-order valence-corrected chi connectivity index (χ3v) is 6.72. The van der Waals surface area contributed by atoms with Crippen molar-refractivity contribution in [3.05, 3.63) is 66.2 Å². The fourth-order valence-electron chi connectivity index (χ4n) is 3.42. The van der Waals surface area contributed by atoms with Gasteiger partial charge < -0.3 is 23.4 Å². The van der Waals surface area contributed by atoms with Gasteiger partial charge in [0.2, 0.25) is 11.6 Å². The number of carbonyl (C=O) groups excluding carboxylic acids is 1. The van der Waals surface area contributed by atoms with Crippen LogP contribution in [0.4, 0.5) is 11.7 Å². The molecule has 2 N–H and O–H groups in total. The Labute approximate surface area is 218 Å². The van der Waals surface area contributed by atoms with E-state index in [9.17, 15) is 13.2 Å². The zero-order valence-corrected chi connectivity index (χ0v) is 21.7. The Kier molecular flexibility index (Phi) is 7.67. The van der Waals surface area contributed by atoms with Gasteiger partial charge in [-0.1, -0.05) is 5.10 Å². The largest absolute Gasteiger partial charge is 0.497 e. The Morgan fingerprint density at radius 2 is 1.45 bits per heavy atom. The molecule has 0 aliphatic carbocycles. The van der Waals surface area contributed by atoms with E-state index in [4.69, 9.17) is 23.4 Å². The van der Waals surface area contributed by atoms with Gasteiger partial charge in [0, 0.05) is 16.8 Å². The standard InChI is InChI=1S/C25H24N4O8S/c1-33-18-9-11-19(12-10-18)38(31,32)29-17-7-5-15(6-8-17)23(30)26-25-28-27-24(37-25)16-13-20(34-2)22(36-4)21(14-16)35-3/h5-14,29H,1-4H3,(H,26,28,30). The quantitative estimate of drug-likeness (QED) is 0.304. The molecule has 0 atom stereocenters. The highest BCUT2D eigenvalue weighted by atomic mass is 32.2. The van der Waals surface area contributed by atoms with Crippen LogP contribution in [0.1, 0.15) is 10.4 Å². The highest BCUT2D eigenvalue weighted by Crippen LogP contribution is 2.41. The van der Waals surface area contributed by atoms with Crippen molar-refractivity contribution in [2.45, 2.75) is 4.90 Å². The van der Waals surface area contributed by atoms with Crippen LogP contribution in [-0.2, 0) is 10.0 Å². The number of aromatic nitrogens is 2. The first kappa shape index (κ1) is 26.3. The third-order valence-electron chi connectivity index (χ3n) is 5.33. The molecule has 0 unspecified atom stereocenters. The van der Waals surface area contributed by atoms with Gasteiger partial charge in [0.15, 0.2) is 11.5 Å². The number of nitrogens with one attached hydrogen (secondary N) is 2. The van der Waals surface area contributed by atoms with Crippen molar-refractivity contribution >= 4 is 27.6 Å². The molecule has 0 fully saturated rings. The highest BCUT2D eigenvalue weighted by molar-refractivity contribution is 7.92. The summed E-state index contributed by atoms with van der Waals surface area (Å²) < 4.78 is 54.3. The van der Waals surface area contributed by atoms with Crippen LogP contribution in [0.25, 0.3) is 11.5 Å². The third kappa shape index (κ3) is 5.62. The Balaban J connectivity index is 1.45. The molecule has 13 heteroatoms. The maximum Gasteiger partial charge on any atom is 0.322 e. The molecule has 1 heterocycles. The number of rotatable bonds is 10. The van der Waals surface area contributed by atoms with E-state index in [-0.39, 0.29) is 28.1 Å². The normalized spacial score (nSPS) is 10.9. The topological polar surface area (TPSA) is 151 Å². The second-order valence-electron chi connectivity index (χ2n) is 7.64. The van der Waals surface area contributed by atoms with E-state index in [1.165, 1.54) is 64.8 Å². The van der Waals surface area contributed by atoms with Gasteiger partial charge in [-0.2, -0.15) is 0 Å².